The number of amides is 1. The molecule has 1 N–H and O–H groups in total. The molecule has 0 saturated carbocycles. The third kappa shape index (κ3) is 3.21. The summed E-state index contributed by atoms with van der Waals surface area (Å²) in [5.41, 5.74) is 2.65. The van der Waals surface area contributed by atoms with Gasteiger partial charge in [0.25, 0.3) is 5.91 Å². The number of nitrogens with zero attached hydrogens (tertiary/aromatic N) is 1. The van der Waals surface area contributed by atoms with E-state index in [2.05, 4.69) is 4.72 Å². The SMILES string of the molecule is CNS(=O)(=O)c1ccc2c(c1)CCN2C(=O)/C=C/c1ccsc1. The minimum absolute atomic E-state index is 0.0980. The van der Waals surface area contributed by atoms with Crippen LogP contribution >= 0.6 is 11.3 Å². The van der Waals surface area contributed by atoms with Crippen LogP contribution in [0.4, 0.5) is 5.69 Å². The number of hydrogen-bond acceptors (Lipinski definition) is 4. The number of fused-ring (bicyclic) bond motifs is 1. The van der Waals surface area contributed by atoms with Crippen molar-refractivity contribution in [2.45, 2.75) is 11.3 Å². The van der Waals surface area contributed by atoms with E-state index in [9.17, 15) is 13.2 Å². The summed E-state index contributed by atoms with van der Waals surface area (Å²) in [5.74, 6) is -0.0980. The molecule has 0 fully saturated rings. The van der Waals surface area contributed by atoms with Gasteiger partial charge in [0.2, 0.25) is 10.0 Å². The maximum atomic E-state index is 12.4. The Balaban J connectivity index is 1.83. The molecule has 7 heteroatoms. The highest BCUT2D eigenvalue weighted by molar-refractivity contribution is 7.89. The lowest BCUT2D eigenvalue weighted by molar-refractivity contribution is -0.114. The van der Waals surface area contributed by atoms with Gasteiger partial charge in [0, 0.05) is 18.3 Å². The van der Waals surface area contributed by atoms with E-state index in [1.165, 1.54) is 13.1 Å². The second-order valence-electron chi connectivity index (χ2n) is 5.13. The summed E-state index contributed by atoms with van der Waals surface area (Å²) in [5, 5.41) is 3.93. The molecule has 1 aromatic heterocycles. The van der Waals surface area contributed by atoms with E-state index >= 15 is 0 Å². The van der Waals surface area contributed by atoms with Crippen LogP contribution in [0.15, 0.2) is 46.0 Å². The van der Waals surface area contributed by atoms with Crippen LogP contribution in [0.3, 0.4) is 0 Å². The summed E-state index contributed by atoms with van der Waals surface area (Å²) in [4.78, 5) is 14.3. The average Bonchev–Trinajstić information content (AvgIpc) is 3.21. The molecule has 1 amide bonds. The van der Waals surface area contributed by atoms with Gasteiger partial charge in [-0.25, -0.2) is 13.1 Å². The lowest BCUT2D eigenvalue weighted by Gasteiger charge is -2.15. The fraction of sp³-hybridized carbons (Fsp3) is 0.188. The third-order valence-corrected chi connectivity index (χ3v) is 5.87. The van der Waals surface area contributed by atoms with Crippen LogP contribution in [0, 0.1) is 0 Å². The summed E-state index contributed by atoms with van der Waals surface area (Å²) >= 11 is 1.58. The van der Waals surface area contributed by atoms with Crippen molar-refractivity contribution in [1.29, 1.82) is 0 Å². The third-order valence-electron chi connectivity index (χ3n) is 3.75. The predicted molar refractivity (Wildman–Crippen MR) is 92.1 cm³/mol. The first-order chi connectivity index (χ1) is 11.0. The Labute approximate surface area is 139 Å². The fourth-order valence-electron chi connectivity index (χ4n) is 2.52. The fourth-order valence-corrected chi connectivity index (χ4v) is 3.93. The van der Waals surface area contributed by atoms with Gasteiger partial charge in [-0.3, -0.25) is 4.79 Å². The standard InChI is InChI=1S/C16H16N2O3S2/c1-17-23(20,21)14-3-4-15-13(10-14)6-8-18(15)16(19)5-2-12-7-9-22-11-12/h2-5,7,9-11,17H,6,8H2,1H3/b5-2+. The molecule has 3 rings (SSSR count). The number of carbonyl (C=O) groups is 1. The Kier molecular flexibility index (Phi) is 4.34. The van der Waals surface area contributed by atoms with Crippen molar-refractivity contribution >= 4 is 39.0 Å². The van der Waals surface area contributed by atoms with Crippen LogP contribution in [-0.2, 0) is 21.2 Å². The van der Waals surface area contributed by atoms with Crippen molar-refractivity contribution in [1.82, 2.24) is 4.72 Å². The number of carbonyl (C=O) groups excluding carboxylic acids is 1. The summed E-state index contributed by atoms with van der Waals surface area (Å²) in [6, 6.07) is 6.81. The summed E-state index contributed by atoms with van der Waals surface area (Å²) in [6.07, 6.45) is 3.99. The van der Waals surface area contributed by atoms with Gasteiger partial charge in [0.05, 0.1) is 4.90 Å². The Morgan fingerprint density at radius 1 is 1.35 bits per heavy atom. The summed E-state index contributed by atoms with van der Waals surface area (Å²) < 4.78 is 26.0. The van der Waals surface area contributed by atoms with Crippen LogP contribution < -0.4 is 9.62 Å². The number of thiophene rings is 1. The van der Waals surface area contributed by atoms with Gasteiger partial charge in [-0.2, -0.15) is 11.3 Å². The molecule has 2 heterocycles. The highest BCUT2D eigenvalue weighted by atomic mass is 32.2. The number of benzene rings is 1. The van der Waals surface area contributed by atoms with Crippen molar-refractivity contribution in [3.8, 4) is 0 Å². The topological polar surface area (TPSA) is 66.5 Å². The highest BCUT2D eigenvalue weighted by Crippen LogP contribution is 2.30. The van der Waals surface area contributed by atoms with Gasteiger partial charge in [-0.05, 0) is 65.7 Å². The van der Waals surface area contributed by atoms with Gasteiger partial charge in [-0.1, -0.05) is 0 Å². The first kappa shape index (κ1) is 15.9. The lowest BCUT2D eigenvalue weighted by Crippen LogP contribution is -2.26. The molecule has 0 unspecified atom stereocenters. The number of nitrogens with one attached hydrogen (secondary N) is 1. The van der Waals surface area contributed by atoms with Gasteiger partial charge in [-0.15, -0.1) is 0 Å². The van der Waals surface area contributed by atoms with Gasteiger partial charge in [0.1, 0.15) is 0 Å². The van der Waals surface area contributed by atoms with Crippen molar-refractivity contribution in [2.24, 2.45) is 0 Å². The zero-order chi connectivity index (χ0) is 16.4. The number of rotatable bonds is 4. The van der Waals surface area contributed by atoms with Gasteiger partial charge in [0.15, 0.2) is 0 Å². The van der Waals surface area contributed by atoms with E-state index < -0.39 is 10.0 Å². The number of sulfonamides is 1. The second kappa shape index (κ2) is 6.27. The van der Waals surface area contributed by atoms with Crippen molar-refractivity contribution in [3.05, 3.63) is 52.2 Å². The molecule has 0 spiro atoms. The molecule has 5 nitrogen and oxygen atoms in total. The molecule has 120 valence electrons. The summed E-state index contributed by atoms with van der Waals surface area (Å²) in [6.45, 7) is 0.561. The van der Waals surface area contributed by atoms with Crippen molar-refractivity contribution < 1.29 is 13.2 Å². The van der Waals surface area contributed by atoms with Crippen LogP contribution in [0.25, 0.3) is 6.08 Å². The van der Waals surface area contributed by atoms with Crippen LogP contribution in [-0.4, -0.2) is 27.9 Å². The Morgan fingerprint density at radius 3 is 2.87 bits per heavy atom. The zero-order valence-electron chi connectivity index (χ0n) is 12.5. The van der Waals surface area contributed by atoms with E-state index in [0.29, 0.717) is 13.0 Å². The molecule has 2 aromatic rings. The van der Waals surface area contributed by atoms with E-state index in [1.54, 1.807) is 40.5 Å². The average molecular weight is 348 g/mol. The molecular weight excluding hydrogens is 332 g/mol. The molecule has 1 aliphatic rings. The van der Waals surface area contributed by atoms with Gasteiger partial charge >= 0.3 is 0 Å². The summed E-state index contributed by atoms with van der Waals surface area (Å²) in [7, 11) is -2.08. The van der Waals surface area contributed by atoms with Crippen LogP contribution in [0.5, 0.6) is 0 Å². The monoisotopic (exact) mass is 348 g/mol. The molecule has 0 saturated heterocycles. The molecule has 0 aliphatic carbocycles. The largest absolute Gasteiger partial charge is 0.308 e. The smallest absolute Gasteiger partial charge is 0.251 e. The first-order valence-electron chi connectivity index (χ1n) is 7.09. The number of hydrogen-bond donors (Lipinski definition) is 1. The quantitative estimate of drug-likeness (QED) is 0.862. The Hall–Kier alpha value is -1.96. The molecule has 1 aromatic carbocycles. The normalized spacial score (nSPS) is 14.4. The van der Waals surface area contributed by atoms with Crippen molar-refractivity contribution in [2.75, 3.05) is 18.5 Å². The van der Waals surface area contributed by atoms with Crippen molar-refractivity contribution in [3.63, 3.8) is 0 Å². The van der Waals surface area contributed by atoms with Gasteiger partial charge < -0.3 is 4.90 Å². The van der Waals surface area contributed by atoms with Crippen LogP contribution in [0.1, 0.15) is 11.1 Å². The van der Waals surface area contributed by atoms with E-state index in [1.807, 2.05) is 16.8 Å². The van der Waals surface area contributed by atoms with E-state index in [4.69, 9.17) is 0 Å². The molecule has 1 aliphatic heterocycles. The number of anilines is 1. The lowest BCUT2D eigenvalue weighted by atomic mass is 10.2. The Morgan fingerprint density at radius 2 is 2.17 bits per heavy atom. The maximum Gasteiger partial charge on any atom is 0.251 e. The Bertz CT molecular complexity index is 855. The molecule has 23 heavy (non-hydrogen) atoms. The predicted octanol–water partition coefficient (Wildman–Crippen LogP) is 2.26. The highest BCUT2D eigenvalue weighted by Gasteiger charge is 2.25. The molecule has 0 radical (unpaired) electrons. The first-order valence-corrected chi connectivity index (χ1v) is 9.52. The van der Waals surface area contributed by atoms with E-state index in [0.717, 1.165) is 16.8 Å². The minimum atomic E-state index is -3.46. The molecule has 0 atom stereocenters. The molecule has 0 bridgehead atoms. The minimum Gasteiger partial charge on any atom is -0.308 e. The van der Waals surface area contributed by atoms with E-state index in [-0.39, 0.29) is 10.8 Å². The molecular formula is C16H16N2O3S2. The van der Waals surface area contributed by atoms with Crippen LogP contribution in [0.2, 0.25) is 0 Å². The second-order valence-corrected chi connectivity index (χ2v) is 7.79. The maximum absolute atomic E-state index is 12.4. The zero-order valence-corrected chi connectivity index (χ0v) is 14.2.